The van der Waals surface area contributed by atoms with E-state index in [1.165, 1.54) is 54.7 Å². The minimum atomic E-state index is 0.753. The lowest BCUT2D eigenvalue weighted by Gasteiger charge is -2.13. The monoisotopic (exact) mass is 354 g/mol. The summed E-state index contributed by atoms with van der Waals surface area (Å²) in [5, 5.41) is 5.42. The topological polar surface area (TPSA) is 9.23 Å². The van der Waals surface area contributed by atoms with Gasteiger partial charge in [-0.2, -0.15) is 0 Å². The molecule has 0 N–H and O–H groups in total. The fraction of sp³-hybridized carbons (Fsp3) is 0.391. The number of rotatable bonds is 9. The van der Waals surface area contributed by atoms with Crippen LogP contribution in [0, 0.1) is 0 Å². The first-order chi connectivity index (χ1) is 12.3. The Kier molecular flexibility index (Phi) is 6.58. The van der Waals surface area contributed by atoms with Gasteiger partial charge in [-0.25, -0.2) is 0 Å². The van der Waals surface area contributed by atoms with Crippen molar-refractivity contribution in [2.45, 2.75) is 51.9 Å². The Bertz CT molecular complexity index is 825. The van der Waals surface area contributed by atoms with Crippen LogP contribution in [-0.4, -0.2) is 6.61 Å². The largest absolute Gasteiger partial charge is 0.492 e. The standard InChI is InChI=1S/C23H27ClO/c1-2-3-4-5-6-7-10-15-25-23-21-12-9-8-11-18(21)16-19-13-14-20(24)17-22(19)23/h8-9,11-14,16-17H,2-7,10,15H2,1H3. The van der Waals surface area contributed by atoms with Crippen molar-refractivity contribution in [2.24, 2.45) is 0 Å². The number of hydrogen-bond acceptors (Lipinski definition) is 1. The molecule has 0 saturated carbocycles. The van der Waals surface area contributed by atoms with Gasteiger partial charge in [0.05, 0.1) is 6.61 Å². The van der Waals surface area contributed by atoms with Crippen molar-refractivity contribution in [1.82, 2.24) is 0 Å². The predicted octanol–water partition coefficient (Wildman–Crippen LogP) is 7.78. The third-order valence-electron chi connectivity index (χ3n) is 4.77. The van der Waals surface area contributed by atoms with Crippen LogP contribution < -0.4 is 4.74 Å². The second-order valence-electron chi connectivity index (χ2n) is 6.76. The lowest BCUT2D eigenvalue weighted by molar-refractivity contribution is 0.311. The summed E-state index contributed by atoms with van der Waals surface area (Å²) in [7, 11) is 0. The summed E-state index contributed by atoms with van der Waals surface area (Å²) in [6.07, 6.45) is 9.04. The molecule has 132 valence electrons. The normalized spacial score (nSPS) is 11.3. The smallest absolute Gasteiger partial charge is 0.134 e. The van der Waals surface area contributed by atoms with Crippen LogP contribution in [0.4, 0.5) is 0 Å². The molecule has 2 heteroatoms. The summed E-state index contributed by atoms with van der Waals surface area (Å²) in [6.45, 7) is 3.03. The zero-order valence-corrected chi connectivity index (χ0v) is 15.8. The zero-order chi connectivity index (χ0) is 17.5. The highest BCUT2D eigenvalue weighted by atomic mass is 35.5. The van der Waals surface area contributed by atoms with Gasteiger partial charge < -0.3 is 4.74 Å². The predicted molar refractivity (Wildman–Crippen MR) is 110 cm³/mol. The summed E-state index contributed by atoms with van der Waals surface area (Å²) in [6, 6.07) is 16.7. The molecule has 25 heavy (non-hydrogen) atoms. The van der Waals surface area contributed by atoms with E-state index in [1.54, 1.807) is 0 Å². The van der Waals surface area contributed by atoms with Crippen molar-refractivity contribution < 1.29 is 4.74 Å². The molecule has 0 heterocycles. The minimum absolute atomic E-state index is 0.753. The minimum Gasteiger partial charge on any atom is -0.492 e. The molecule has 0 atom stereocenters. The molecular formula is C23H27ClO. The van der Waals surface area contributed by atoms with Crippen molar-refractivity contribution in [3.05, 3.63) is 53.6 Å². The van der Waals surface area contributed by atoms with Gasteiger partial charge in [-0.3, -0.25) is 0 Å². The quantitative estimate of drug-likeness (QED) is 0.281. The van der Waals surface area contributed by atoms with Crippen molar-refractivity contribution in [1.29, 1.82) is 0 Å². The molecule has 0 spiro atoms. The summed E-state index contributed by atoms with van der Waals surface area (Å²) in [5.74, 6) is 0.974. The van der Waals surface area contributed by atoms with Crippen molar-refractivity contribution >= 4 is 33.1 Å². The average Bonchev–Trinajstić information content (AvgIpc) is 2.63. The van der Waals surface area contributed by atoms with Crippen LogP contribution in [0.1, 0.15) is 51.9 Å². The van der Waals surface area contributed by atoms with Gasteiger partial charge in [0.15, 0.2) is 0 Å². The van der Waals surface area contributed by atoms with E-state index in [0.29, 0.717) is 0 Å². The second kappa shape index (κ2) is 9.10. The maximum Gasteiger partial charge on any atom is 0.134 e. The Morgan fingerprint density at radius 3 is 2.32 bits per heavy atom. The summed E-state index contributed by atoms with van der Waals surface area (Å²) < 4.78 is 6.26. The molecule has 0 aliphatic heterocycles. The number of halogens is 1. The molecule has 0 aromatic heterocycles. The maximum absolute atomic E-state index is 6.26. The van der Waals surface area contributed by atoms with Crippen LogP contribution in [0.15, 0.2) is 48.5 Å². The third kappa shape index (κ3) is 4.67. The van der Waals surface area contributed by atoms with E-state index in [-0.39, 0.29) is 0 Å². The molecule has 0 unspecified atom stereocenters. The van der Waals surface area contributed by atoms with Gasteiger partial charge in [-0.1, -0.05) is 87.4 Å². The van der Waals surface area contributed by atoms with Crippen LogP contribution in [-0.2, 0) is 0 Å². The third-order valence-corrected chi connectivity index (χ3v) is 5.01. The lowest BCUT2D eigenvalue weighted by atomic mass is 10.0. The van der Waals surface area contributed by atoms with Gasteiger partial charge in [0, 0.05) is 15.8 Å². The van der Waals surface area contributed by atoms with E-state index in [0.717, 1.165) is 29.2 Å². The molecule has 3 aromatic rings. The van der Waals surface area contributed by atoms with Gasteiger partial charge in [0.2, 0.25) is 0 Å². The van der Waals surface area contributed by atoms with E-state index in [2.05, 4.69) is 43.3 Å². The number of fused-ring (bicyclic) bond motifs is 2. The van der Waals surface area contributed by atoms with E-state index < -0.39 is 0 Å². The van der Waals surface area contributed by atoms with E-state index in [1.807, 2.05) is 12.1 Å². The molecule has 0 bridgehead atoms. The van der Waals surface area contributed by atoms with Crippen LogP contribution in [0.5, 0.6) is 5.75 Å². The van der Waals surface area contributed by atoms with Crippen LogP contribution in [0.2, 0.25) is 5.02 Å². The van der Waals surface area contributed by atoms with Crippen LogP contribution >= 0.6 is 11.6 Å². The summed E-state index contributed by atoms with van der Waals surface area (Å²) in [5.41, 5.74) is 0. The fourth-order valence-corrected chi connectivity index (χ4v) is 3.55. The van der Waals surface area contributed by atoms with E-state index in [9.17, 15) is 0 Å². The Labute approximate surface area is 155 Å². The highest BCUT2D eigenvalue weighted by Crippen LogP contribution is 2.36. The molecule has 0 fully saturated rings. The van der Waals surface area contributed by atoms with Gasteiger partial charge >= 0.3 is 0 Å². The van der Waals surface area contributed by atoms with Crippen molar-refractivity contribution in [3.8, 4) is 5.75 Å². The Hall–Kier alpha value is -1.73. The molecule has 0 saturated heterocycles. The first kappa shape index (κ1) is 18.1. The first-order valence-corrected chi connectivity index (χ1v) is 9.91. The SMILES string of the molecule is CCCCCCCCCOc1c2ccccc2cc2ccc(Cl)cc12. The van der Waals surface area contributed by atoms with Crippen LogP contribution in [0.25, 0.3) is 21.5 Å². The van der Waals surface area contributed by atoms with E-state index >= 15 is 0 Å². The van der Waals surface area contributed by atoms with Crippen LogP contribution in [0.3, 0.4) is 0 Å². The highest BCUT2D eigenvalue weighted by Gasteiger charge is 2.09. The Balaban J connectivity index is 1.71. The number of benzene rings is 3. The molecule has 1 nitrogen and oxygen atoms in total. The Morgan fingerprint density at radius 1 is 0.760 bits per heavy atom. The average molecular weight is 355 g/mol. The van der Waals surface area contributed by atoms with E-state index in [4.69, 9.17) is 16.3 Å². The van der Waals surface area contributed by atoms with Gasteiger partial charge in [-0.05, 0) is 35.4 Å². The molecule has 0 radical (unpaired) electrons. The Morgan fingerprint density at radius 2 is 1.48 bits per heavy atom. The number of unbranched alkanes of at least 4 members (excludes halogenated alkanes) is 6. The zero-order valence-electron chi connectivity index (χ0n) is 15.1. The molecule has 0 aliphatic rings. The molecular weight excluding hydrogens is 328 g/mol. The number of hydrogen-bond donors (Lipinski definition) is 0. The first-order valence-electron chi connectivity index (χ1n) is 9.53. The molecule has 0 aliphatic carbocycles. The van der Waals surface area contributed by atoms with Gasteiger partial charge in [0.25, 0.3) is 0 Å². The second-order valence-corrected chi connectivity index (χ2v) is 7.20. The summed E-state index contributed by atoms with van der Waals surface area (Å²) in [4.78, 5) is 0. The van der Waals surface area contributed by atoms with Gasteiger partial charge in [0.1, 0.15) is 5.75 Å². The van der Waals surface area contributed by atoms with Crippen molar-refractivity contribution in [2.75, 3.05) is 6.61 Å². The fourth-order valence-electron chi connectivity index (χ4n) is 3.38. The van der Waals surface area contributed by atoms with Gasteiger partial charge in [-0.15, -0.1) is 0 Å². The maximum atomic E-state index is 6.26. The lowest BCUT2D eigenvalue weighted by Crippen LogP contribution is -1.99. The molecule has 0 amide bonds. The highest BCUT2D eigenvalue weighted by molar-refractivity contribution is 6.31. The molecule has 3 rings (SSSR count). The van der Waals surface area contributed by atoms with Crippen molar-refractivity contribution in [3.63, 3.8) is 0 Å². The summed E-state index contributed by atoms with van der Waals surface area (Å²) >= 11 is 6.23. The number of ether oxygens (including phenoxy) is 1. The molecule has 3 aromatic carbocycles.